The Morgan fingerprint density at radius 2 is 1.78 bits per heavy atom. The van der Waals surface area contributed by atoms with Crippen molar-refractivity contribution in [2.75, 3.05) is 38.2 Å². The number of nitrogens with zero attached hydrogens (tertiary/aromatic N) is 2. The van der Waals surface area contributed by atoms with Gasteiger partial charge in [-0.3, -0.25) is 4.79 Å². The quantitative estimate of drug-likeness (QED) is 0.781. The van der Waals surface area contributed by atoms with Crippen LogP contribution >= 0.6 is 11.6 Å². The first-order valence-corrected chi connectivity index (χ1v) is 9.46. The van der Waals surface area contributed by atoms with Crippen molar-refractivity contribution < 1.29 is 14.3 Å². The van der Waals surface area contributed by atoms with Gasteiger partial charge in [-0.1, -0.05) is 23.7 Å². The molecule has 1 aliphatic rings. The number of anilines is 1. The van der Waals surface area contributed by atoms with E-state index in [1.165, 1.54) is 5.56 Å². The zero-order chi connectivity index (χ0) is 19.4. The Labute approximate surface area is 165 Å². The maximum Gasteiger partial charge on any atom is 0.263 e. The van der Waals surface area contributed by atoms with E-state index >= 15 is 0 Å². The summed E-state index contributed by atoms with van der Waals surface area (Å²) in [7, 11) is 1.61. The lowest BCUT2D eigenvalue weighted by Gasteiger charge is -2.37. The molecule has 27 heavy (non-hydrogen) atoms. The smallest absolute Gasteiger partial charge is 0.263 e. The molecule has 1 fully saturated rings. The number of carbonyl (C=O) groups is 1. The summed E-state index contributed by atoms with van der Waals surface area (Å²) in [5, 5.41) is 0.731. The minimum atomic E-state index is -0.545. The molecule has 2 aromatic carbocycles. The molecule has 1 aliphatic heterocycles. The molecule has 0 radical (unpaired) electrons. The van der Waals surface area contributed by atoms with Crippen molar-refractivity contribution in [3.8, 4) is 11.5 Å². The van der Waals surface area contributed by atoms with Gasteiger partial charge in [0.15, 0.2) is 6.10 Å². The van der Waals surface area contributed by atoms with Crippen molar-refractivity contribution in [3.05, 3.63) is 53.1 Å². The van der Waals surface area contributed by atoms with Crippen LogP contribution in [0.1, 0.15) is 12.5 Å². The van der Waals surface area contributed by atoms with E-state index in [1.807, 2.05) is 41.3 Å². The van der Waals surface area contributed by atoms with Gasteiger partial charge in [0.1, 0.15) is 11.5 Å². The number of piperazine rings is 1. The summed E-state index contributed by atoms with van der Waals surface area (Å²) in [6, 6.07) is 13.2. The molecule has 1 amide bonds. The molecular weight excluding hydrogens is 364 g/mol. The van der Waals surface area contributed by atoms with Crippen LogP contribution in [-0.4, -0.2) is 50.2 Å². The third-order valence-corrected chi connectivity index (χ3v) is 5.04. The molecule has 0 aromatic heterocycles. The molecule has 0 aliphatic carbocycles. The third kappa shape index (κ3) is 4.66. The van der Waals surface area contributed by atoms with E-state index in [0.717, 1.165) is 23.8 Å². The number of ether oxygens (including phenoxy) is 2. The molecule has 0 spiro atoms. The van der Waals surface area contributed by atoms with Crippen LogP contribution < -0.4 is 14.4 Å². The largest absolute Gasteiger partial charge is 0.497 e. The first-order chi connectivity index (χ1) is 13.0. The topological polar surface area (TPSA) is 42.0 Å². The number of rotatable bonds is 5. The fourth-order valence-electron chi connectivity index (χ4n) is 3.28. The van der Waals surface area contributed by atoms with E-state index in [1.54, 1.807) is 20.1 Å². The van der Waals surface area contributed by atoms with Gasteiger partial charge in [0, 0.05) is 43.0 Å². The van der Waals surface area contributed by atoms with E-state index < -0.39 is 6.10 Å². The summed E-state index contributed by atoms with van der Waals surface area (Å²) in [5.41, 5.74) is 2.32. The SMILES string of the molecule is COc1cccc(O[C@@H](C)C(=O)N2CCN(c3cc(Cl)ccc3C)CC2)c1. The number of amides is 1. The normalized spacial score (nSPS) is 15.4. The molecular formula is C21H25ClN2O3. The number of hydrogen-bond acceptors (Lipinski definition) is 4. The van der Waals surface area contributed by atoms with E-state index in [0.29, 0.717) is 24.6 Å². The molecule has 0 unspecified atom stereocenters. The Kier molecular flexibility index (Phi) is 6.11. The van der Waals surface area contributed by atoms with Gasteiger partial charge in [0.2, 0.25) is 0 Å². The van der Waals surface area contributed by atoms with Crippen LogP contribution in [0.4, 0.5) is 5.69 Å². The predicted octanol–water partition coefficient (Wildman–Crippen LogP) is 3.77. The van der Waals surface area contributed by atoms with E-state index in [4.69, 9.17) is 21.1 Å². The minimum Gasteiger partial charge on any atom is -0.497 e. The maximum absolute atomic E-state index is 12.8. The van der Waals surface area contributed by atoms with Gasteiger partial charge in [0.05, 0.1) is 7.11 Å². The van der Waals surface area contributed by atoms with Crippen molar-refractivity contribution in [1.29, 1.82) is 0 Å². The molecule has 0 bridgehead atoms. The lowest BCUT2D eigenvalue weighted by molar-refractivity contribution is -0.138. The van der Waals surface area contributed by atoms with Gasteiger partial charge >= 0.3 is 0 Å². The third-order valence-electron chi connectivity index (χ3n) is 4.81. The lowest BCUT2D eigenvalue weighted by atomic mass is 10.1. The van der Waals surface area contributed by atoms with Crippen LogP contribution in [0, 0.1) is 6.92 Å². The number of halogens is 1. The fourth-order valence-corrected chi connectivity index (χ4v) is 3.44. The van der Waals surface area contributed by atoms with Crippen molar-refractivity contribution in [2.24, 2.45) is 0 Å². The number of hydrogen-bond donors (Lipinski definition) is 0. The summed E-state index contributed by atoms with van der Waals surface area (Å²) in [4.78, 5) is 16.9. The molecule has 1 heterocycles. The first kappa shape index (κ1) is 19.4. The standard InChI is InChI=1S/C21H25ClN2O3/c1-15-7-8-17(22)13-20(15)23-9-11-24(12-10-23)21(25)16(2)27-19-6-4-5-18(14-19)26-3/h4-8,13-14,16H,9-12H2,1-3H3/t16-/m0/s1. The minimum absolute atomic E-state index is 0.000265. The molecule has 5 nitrogen and oxygen atoms in total. The summed E-state index contributed by atoms with van der Waals surface area (Å²) >= 11 is 6.14. The second-order valence-electron chi connectivity index (χ2n) is 6.68. The Hall–Kier alpha value is -2.40. The second kappa shape index (κ2) is 8.53. The highest BCUT2D eigenvalue weighted by molar-refractivity contribution is 6.30. The van der Waals surface area contributed by atoms with Gasteiger partial charge in [-0.25, -0.2) is 0 Å². The number of benzene rings is 2. The fraction of sp³-hybridized carbons (Fsp3) is 0.381. The van der Waals surface area contributed by atoms with Crippen LogP contribution in [0.2, 0.25) is 5.02 Å². The highest BCUT2D eigenvalue weighted by Crippen LogP contribution is 2.26. The first-order valence-electron chi connectivity index (χ1n) is 9.08. The summed E-state index contributed by atoms with van der Waals surface area (Å²) in [6.07, 6.45) is -0.545. The monoisotopic (exact) mass is 388 g/mol. The van der Waals surface area contributed by atoms with Gasteiger partial charge in [-0.2, -0.15) is 0 Å². The van der Waals surface area contributed by atoms with E-state index in [9.17, 15) is 4.79 Å². The van der Waals surface area contributed by atoms with Crippen molar-refractivity contribution in [3.63, 3.8) is 0 Å². The highest BCUT2D eigenvalue weighted by atomic mass is 35.5. The van der Waals surface area contributed by atoms with Crippen LogP contribution in [-0.2, 0) is 4.79 Å². The summed E-state index contributed by atoms with van der Waals surface area (Å²) in [5.74, 6) is 1.33. The highest BCUT2D eigenvalue weighted by Gasteiger charge is 2.26. The number of aryl methyl sites for hydroxylation is 1. The molecule has 1 saturated heterocycles. The Morgan fingerprint density at radius 1 is 1.07 bits per heavy atom. The van der Waals surface area contributed by atoms with Crippen LogP contribution in [0.3, 0.4) is 0 Å². The van der Waals surface area contributed by atoms with Gasteiger partial charge < -0.3 is 19.3 Å². The summed E-state index contributed by atoms with van der Waals surface area (Å²) < 4.78 is 11.0. The molecule has 1 atom stereocenters. The predicted molar refractivity (Wildman–Crippen MR) is 108 cm³/mol. The van der Waals surface area contributed by atoms with Crippen molar-refractivity contribution >= 4 is 23.2 Å². The number of carbonyl (C=O) groups excluding carboxylic acids is 1. The lowest BCUT2D eigenvalue weighted by Crippen LogP contribution is -2.52. The summed E-state index contributed by atoms with van der Waals surface area (Å²) in [6.45, 7) is 6.74. The Morgan fingerprint density at radius 3 is 2.48 bits per heavy atom. The van der Waals surface area contributed by atoms with Gasteiger partial charge in [0.25, 0.3) is 5.91 Å². The van der Waals surface area contributed by atoms with Crippen LogP contribution in [0.15, 0.2) is 42.5 Å². The zero-order valence-electron chi connectivity index (χ0n) is 15.9. The van der Waals surface area contributed by atoms with Crippen molar-refractivity contribution in [2.45, 2.75) is 20.0 Å². The Bertz CT molecular complexity index is 804. The molecule has 2 aromatic rings. The van der Waals surface area contributed by atoms with Crippen LogP contribution in [0.5, 0.6) is 11.5 Å². The Balaban J connectivity index is 1.58. The molecule has 0 saturated carbocycles. The number of methoxy groups -OCH3 is 1. The molecule has 6 heteroatoms. The zero-order valence-corrected chi connectivity index (χ0v) is 16.7. The van der Waals surface area contributed by atoms with Crippen LogP contribution in [0.25, 0.3) is 0 Å². The van der Waals surface area contributed by atoms with Gasteiger partial charge in [-0.15, -0.1) is 0 Å². The molecule has 144 valence electrons. The van der Waals surface area contributed by atoms with E-state index in [2.05, 4.69) is 11.8 Å². The van der Waals surface area contributed by atoms with Crippen molar-refractivity contribution in [1.82, 2.24) is 4.90 Å². The van der Waals surface area contributed by atoms with Gasteiger partial charge in [-0.05, 0) is 43.7 Å². The molecule has 3 rings (SSSR count). The average Bonchev–Trinajstić information content (AvgIpc) is 2.69. The average molecular weight is 389 g/mol. The molecule has 0 N–H and O–H groups in total. The second-order valence-corrected chi connectivity index (χ2v) is 7.12. The maximum atomic E-state index is 12.8. The van der Waals surface area contributed by atoms with E-state index in [-0.39, 0.29) is 5.91 Å².